The minimum absolute atomic E-state index is 0.0704. The average Bonchev–Trinajstić information content (AvgIpc) is 2.80. The SMILES string of the molecule is O=S1(=O)CCC(Nc2nc(Cl)nc3nc[nH]c23)CC1. The molecule has 2 N–H and O–H groups in total. The number of imidazole rings is 1. The summed E-state index contributed by atoms with van der Waals surface area (Å²) in [5, 5.41) is 3.33. The summed E-state index contributed by atoms with van der Waals surface area (Å²) in [6, 6.07) is 0.0704. The van der Waals surface area contributed by atoms with Gasteiger partial charge in [0.25, 0.3) is 0 Å². The van der Waals surface area contributed by atoms with Crippen LogP contribution in [0.15, 0.2) is 6.33 Å². The fourth-order valence-corrected chi connectivity index (χ4v) is 3.79. The maximum atomic E-state index is 11.4. The zero-order valence-corrected chi connectivity index (χ0v) is 11.5. The van der Waals surface area contributed by atoms with Crippen molar-refractivity contribution in [1.29, 1.82) is 0 Å². The van der Waals surface area contributed by atoms with Gasteiger partial charge in [-0.2, -0.15) is 9.97 Å². The number of sulfone groups is 1. The largest absolute Gasteiger partial charge is 0.365 e. The quantitative estimate of drug-likeness (QED) is 0.802. The van der Waals surface area contributed by atoms with Crippen LogP contribution in [0.2, 0.25) is 5.28 Å². The first-order valence-corrected chi connectivity index (χ1v) is 8.07. The third-order valence-electron chi connectivity index (χ3n) is 3.15. The molecule has 2 aromatic rings. The van der Waals surface area contributed by atoms with Gasteiger partial charge in [-0.1, -0.05) is 0 Å². The van der Waals surface area contributed by atoms with Gasteiger partial charge in [0, 0.05) is 6.04 Å². The second-order valence-corrected chi connectivity index (χ2v) is 7.15. The molecule has 0 aromatic carbocycles. The second kappa shape index (κ2) is 4.61. The highest BCUT2D eigenvalue weighted by atomic mass is 35.5. The van der Waals surface area contributed by atoms with Gasteiger partial charge in [-0.05, 0) is 24.4 Å². The second-order valence-electron chi connectivity index (χ2n) is 4.51. The monoisotopic (exact) mass is 301 g/mol. The van der Waals surface area contributed by atoms with E-state index in [1.165, 1.54) is 6.33 Å². The molecule has 7 nitrogen and oxygen atoms in total. The Labute approximate surface area is 114 Å². The van der Waals surface area contributed by atoms with Crippen molar-refractivity contribution in [1.82, 2.24) is 19.9 Å². The fraction of sp³-hybridized carbons (Fsp3) is 0.500. The molecule has 0 spiro atoms. The maximum Gasteiger partial charge on any atom is 0.226 e. The molecular weight excluding hydrogens is 290 g/mol. The molecule has 3 heterocycles. The summed E-state index contributed by atoms with van der Waals surface area (Å²) >= 11 is 5.83. The first-order valence-electron chi connectivity index (χ1n) is 5.87. The normalized spacial score (nSPS) is 19.6. The lowest BCUT2D eigenvalue weighted by molar-refractivity contribution is 0.559. The molecule has 3 rings (SSSR count). The molecule has 1 fully saturated rings. The zero-order valence-electron chi connectivity index (χ0n) is 9.93. The van der Waals surface area contributed by atoms with Gasteiger partial charge < -0.3 is 10.3 Å². The zero-order chi connectivity index (χ0) is 13.5. The number of anilines is 1. The average molecular weight is 302 g/mol. The van der Waals surface area contributed by atoms with Gasteiger partial charge in [0.1, 0.15) is 15.4 Å². The van der Waals surface area contributed by atoms with E-state index < -0.39 is 9.84 Å². The summed E-state index contributed by atoms with van der Waals surface area (Å²) in [6.07, 6.45) is 2.66. The number of rotatable bonds is 2. The lowest BCUT2D eigenvalue weighted by atomic mass is 10.1. The van der Waals surface area contributed by atoms with E-state index in [2.05, 4.69) is 25.3 Å². The third-order valence-corrected chi connectivity index (χ3v) is 5.04. The summed E-state index contributed by atoms with van der Waals surface area (Å²) in [5.41, 5.74) is 1.17. The fourth-order valence-electron chi connectivity index (χ4n) is 2.14. The number of aromatic amines is 1. The topological polar surface area (TPSA) is 101 Å². The molecule has 0 saturated carbocycles. The van der Waals surface area contributed by atoms with Gasteiger partial charge in [0.05, 0.1) is 17.8 Å². The molecule has 1 aliphatic heterocycles. The van der Waals surface area contributed by atoms with E-state index in [0.717, 1.165) is 0 Å². The Bertz CT molecular complexity index is 700. The molecule has 9 heteroatoms. The van der Waals surface area contributed by atoms with Crippen molar-refractivity contribution in [3.05, 3.63) is 11.6 Å². The number of hydrogen-bond donors (Lipinski definition) is 2. The molecule has 0 amide bonds. The van der Waals surface area contributed by atoms with Crippen LogP contribution < -0.4 is 5.32 Å². The number of aromatic nitrogens is 4. The van der Waals surface area contributed by atoms with E-state index in [0.29, 0.717) is 29.8 Å². The van der Waals surface area contributed by atoms with Crippen molar-refractivity contribution in [2.24, 2.45) is 0 Å². The smallest absolute Gasteiger partial charge is 0.226 e. The minimum atomic E-state index is -2.87. The van der Waals surface area contributed by atoms with Gasteiger partial charge in [0.2, 0.25) is 5.28 Å². The number of hydrogen-bond acceptors (Lipinski definition) is 6. The summed E-state index contributed by atoms with van der Waals surface area (Å²) in [4.78, 5) is 15.1. The third kappa shape index (κ3) is 2.64. The van der Waals surface area contributed by atoms with Gasteiger partial charge >= 0.3 is 0 Å². The highest BCUT2D eigenvalue weighted by molar-refractivity contribution is 7.91. The highest BCUT2D eigenvalue weighted by Crippen LogP contribution is 2.22. The van der Waals surface area contributed by atoms with Crippen LogP contribution in [0.4, 0.5) is 5.82 Å². The Kier molecular flexibility index (Phi) is 3.06. The minimum Gasteiger partial charge on any atom is -0.365 e. The molecule has 0 aliphatic carbocycles. The van der Waals surface area contributed by atoms with Crippen molar-refractivity contribution in [3.8, 4) is 0 Å². The highest BCUT2D eigenvalue weighted by Gasteiger charge is 2.24. The predicted octanol–water partition coefficient (Wildman–Crippen LogP) is 0.995. The van der Waals surface area contributed by atoms with Crippen LogP contribution in [0.3, 0.4) is 0 Å². The van der Waals surface area contributed by atoms with Crippen LogP contribution in [0, 0.1) is 0 Å². The van der Waals surface area contributed by atoms with E-state index in [1.54, 1.807) is 0 Å². The molecule has 19 heavy (non-hydrogen) atoms. The van der Waals surface area contributed by atoms with E-state index in [9.17, 15) is 8.42 Å². The number of fused-ring (bicyclic) bond motifs is 1. The van der Waals surface area contributed by atoms with Gasteiger partial charge in [-0.15, -0.1) is 0 Å². The predicted molar refractivity (Wildman–Crippen MR) is 72.0 cm³/mol. The number of halogens is 1. The van der Waals surface area contributed by atoms with Gasteiger partial charge in [-0.25, -0.2) is 13.4 Å². The lowest BCUT2D eigenvalue weighted by Crippen LogP contribution is -2.32. The maximum absolute atomic E-state index is 11.4. The number of nitrogens with one attached hydrogen (secondary N) is 2. The molecule has 0 bridgehead atoms. The molecule has 0 atom stereocenters. The van der Waals surface area contributed by atoms with Crippen LogP contribution >= 0.6 is 11.6 Å². The molecule has 0 unspecified atom stereocenters. The Morgan fingerprint density at radius 3 is 2.79 bits per heavy atom. The lowest BCUT2D eigenvalue weighted by Gasteiger charge is -2.23. The van der Waals surface area contributed by atoms with E-state index >= 15 is 0 Å². The van der Waals surface area contributed by atoms with Crippen LogP contribution in [-0.2, 0) is 9.84 Å². The number of H-pyrrole nitrogens is 1. The Morgan fingerprint density at radius 1 is 1.32 bits per heavy atom. The van der Waals surface area contributed by atoms with Crippen molar-refractivity contribution in [2.75, 3.05) is 16.8 Å². The summed E-state index contributed by atoms with van der Waals surface area (Å²) in [6.45, 7) is 0. The van der Waals surface area contributed by atoms with E-state index in [-0.39, 0.29) is 22.8 Å². The molecule has 1 saturated heterocycles. The molecule has 1 aliphatic rings. The Morgan fingerprint density at radius 2 is 2.05 bits per heavy atom. The summed E-state index contributed by atoms with van der Waals surface area (Å²) < 4.78 is 22.8. The first kappa shape index (κ1) is 12.6. The van der Waals surface area contributed by atoms with Crippen LogP contribution in [0.5, 0.6) is 0 Å². The Balaban J connectivity index is 1.84. The van der Waals surface area contributed by atoms with Crippen LogP contribution in [-0.4, -0.2) is 45.9 Å². The molecule has 0 radical (unpaired) electrons. The van der Waals surface area contributed by atoms with E-state index in [4.69, 9.17) is 11.6 Å². The van der Waals surface area contributed by atoms with Gasteiger partial charge in [0.15, 0.2) is 11.5 Å². The Hall–Kier alpha value is -1.41. The summed E-state index contributed by atoms with van der Waals surface area (Å²) in [5.74, 6) is 0.974. The van der Waals surface area contributed by atoms with Crippen LogP contribution in [0.1, 0.15) is 12.8 Å². The molecule has 102 valence electrons. The number of nitrogens with zero attached hydrogens (tertiary/aromatic N) is 3. The van der Waals surface area contributed by atoms with Crippen LogP contribution in [0.25, 0.3) is 11.2 Å². The first-order chi connectivity index (χ1) is 9.03. The van der Waals surface area contributed by atoms with Crippen molar-refractivity contribution in [3.63, 3.8) is 0 Å². The van der Waals surface area contributed by atoms with Crippen molar-refractivity contribution >= 4 is 38.4 Å². The van der Waals surface area contributed by atoms with Gasteiger partial charge in [-0.3, -0.25) is 0 Å². The van der Waals surface area contributed by atoms with Crippen molar-refractivity contribution in [2.45, 2.75) is 18.9 Å². The standard InChI is InChI=1S/C10H12ClN5O2S/c11-10-15-8-7(12-5-13-8)9(16-10)14-6-1-3-19(17,18)4-2-6/h5-6H,1-4H2,(H2,12,13,14,15,16). The molecular formula is C10H12ClN5O2S. The van der Waals surface area contributed by atoms with E-state index in [1.807, 2.05) is 0 Å². The molecule has 2 aromatic heterocycles. The van der Waals surface area contributed by atoms with Crippen molar-refractivity contribution < 1.29 is 8.42 Å². The summed E-state index contributed by atoms with van der Waals surface area (Å²) in [7, 11) is -2.87.